The van der Waals surface area contributed by atoms with Crippen molar-refractivity contribution < 1.29 is 19.0 Å². The molecule has 0 spiro atoms. The lowest BCUT2D eigenvalue weighted by molar-refractivity contribution is -0.145. The number of hydrogen-bond donors (Lipinski definition) is 2. The second kappa shape index (κ2) is 8.34. The van der Waals surface area contributed by atoms with E-state index in [4.69, 9.17) is 9.37 Å². The highest BCUT2D eigenvalue weighted by Gasteiger charge is 2.19. The van der Waals surface area contributed by atoms with Gasteiger partial charge in [0, 0.05) is 6.42 Å². The number of carbonyl (C=O) groups is 2. The Kier molecular flexibility index (Phi) is 5.28. The highest BCUT2D eigenvalue weighted by molar-refractivity contribution is 5.94. The number of carbonyl (C=O) groups excluding carboxylic acids is 2. The van der Waals surface area contributed by atoms with Gasteiger partial charge in [-0.05, 0) is 28.0 Å². The lowest BCUT2D eigenvalue weighted by Gasteiger charge is -2.05. The van der Waals surface area contributed by atoms with Crippen LogP contribution in [0.1, 0.15) is 18.4 Å². The van der Waals surface area contributed by atoms with Gasteiger partial charge >= 0.3 is 5.97 Å². The predicted molar refractivity (Wildman–Crippen MR) is 103 cm³/mol. The van der Waals surface area contributed by atoms with Crippen LogP contribution in [0.4, 0.5) is 5.82 Å². The van der Waals surface area contributed by atoms with Crippen LogP contribution >= 0.6 is 0 Å². The van der Waals surface area contributed by atoms with Crippen molar-refractivity contribution in [2.45, 2.75) is 19.4 Å². The normalized spacial score (nSPS) is 10.8. The standard InChI is InChI=1S/C20H17N5O4/c26-16(10-11-17(27)28-12-13-6-2-1-3-7-13)23-20-18(24-29-25-20)19-21-14-8-4-5-9-15(14)22-19/h1-9H,10-12H2,(H,21,22)(H,23,25,26). The van der Waals surface area contributed by atoms with Gasteiger partial charge in [0.1, 0.15) is 6.61 Å². The van der Waals surface area contributed by atoms with Crippen molar-refractivity contribution in [1.82, 2.24) is 20.3 Å². The molecule has 0 aliphatic rings. The molecule has 9 nitrogen and oxygen atoms in total. The summed E-state index contributed by atoms with van der Waals surface area (Å²) in [7, 11) is 0. The Bertz CT molecular complexity index is 1100. The van der Waals surface area contributed by atoms with Gasteiger partial charge in [0.05, 0.1) is 17.5 Å². The lowest BCUT2D eigenvalue weighted by atomic mass is 10.2. The van der Waals surface area contributed by atoms with Crippen LogP contribution in [-0.2, 0) is 20.9 Å². The number of amides is 1. The van der Waals surface area contributed by atoms with E-state index in [1.54, 1.807) is 0 Å². The molecule has 0 radical (unpaired) electrons. The molecule has 0 aliphatic heterocycles. The molecule has 0 aliphatic carbocycles. The Morgan fingerprint density at radius 2 is 1.79 bits per heavy atom. The van der Waals surface area contributed by atoms with E-state index in [0.29, 0.717) is 5.82 Å². The van der Waals surface area contributed by atoms with E-state index >= 15 is 0 Å². The number of nitrogens with one attached hydrogen (secondary N) is 2. The molecule has 146 valence electrons. The van der Waals surface area contributed by atoms with Gasteiger partial charge in [-0.1, -0.05) is 42.5 Å². The molecular formula is C20H17N5O4. The maximum atomic E-state index is 12.2. The molecule has 0 saturated carbocycles. The Morgan fingerprint density at radius 3 is 2.62 bits per heavy atom. The first-order valence-electron chi connectivity index (χ1n) is 8.96. The average Bonchev–Trinajstić information content (AvgIpc) is 3.37. The SMILES string of the molecule is O=C(CCC(=O)OCc1ccccc1)Nc1nonc1-c1nc2ccccc2[nH]1. The summed E-state index contributed by atoms with van der Waals surface area (Å²) in [5.74, 6) is -0.314. The Hall–Kier alpha value is -4.01. The van der Waals surface area contributed by atoms with Crippen molar-refractivity contribution in [3.05, 3.63) is 60.2 Å². The zero-order chi connectivity index (χ0) is 20.1. The fraction of sp³-hybridized carbons (Fsp3) is 0.150. The number of benzene rings is 2. The van der Waals surface area contributed by atoms with Crippen molar-refractivity contribution in [3.8, 4) is 11.5 Å². The van der Waals surface area contributed by atoms with Gasteiger partial charge in [-0.25, -0.2) is 9.61 Å². The Labute approximate surface area is 165 Å². The molecule has 2 aromatic carbocycles. The molecule has 2 heterocycles. The second-order valence-electron chi connectivity index (χ2n) is 6.26. The first-order chi connectivity index (χ1) is 14.2. The van der Waals surface area contributed by atoms with E-state index in [1.165, 1.54) is 0 Å². The molecule has 0 bridgehead atoms. The van der Waals surface area contributed by atoms with Crippen molar-refractivity contribution in [1.29, 1.82) is 0 Å². The zero-order valence-corrected chi connectivity index (χ0v) is 15.3. The lowest BCUT2D eigenvalue weighted by Crippen LogP contribution is -2.15. The summed E-state index contributed by atoms with van der Waals surface area (Å²) in [6.07, 6.45) is -0.107. The molecule has 0 atom stereocenters. The second-order valence-corrected chi connectivity index (χ2v) is 6.26. The number of imidazole rings is 1. The highest BCUT2D eigenvalue weighted by atomic mass is 16.6. The number of ether oxygens (including phenoxy) is 1. The van der Waals surface area contributed by atoms with Gasteiger partial charge in [0.15, 0.2) is 11.5 Å². The predicted octanol–water partition coefficient (Wildman–Crippen LogP) is 3.08. The van der Waals surface area contributed by atoms with E-state index in [-0.39, 0.29) is 31.0 Å². The number of rotatable bonds is 7. The molecule has 0 unspecified atom stereocenters. The molecule has 0 fully saturated rings. The number of H-pyrrole nitrogens is 1. The van der Waals surface area contributed by atoms with Gasteiger partial charge in [-0.15, -0.1) is 0 Å². The molecule has 4 aromatic rings. The van der Waals surface area contributed by atoms with Crippen molar-refractivity contribution in [3.63, 3.8) is 0 Å². The van der Waals surface area contributed by atoms with E-state index in [1.807, 2.05) is 54.6 Å². The fourth-order valence-corrected chi connectivity index (χ4v) is 2.71. The monoisotopic (exact) mass is 391 g/mol. The van der Waals surface area contributed by atoms with Crippen LogP contribution in [0.25, 0.3) is 22.6 Å². The Morgan fingerprint density at radius 1 is 1.00 bits per heavy atom. The average molecular weight is 391 g/mol. The van der Waals surface area contributed by atoms with Crippen LogP contribution < -0.4 is 5.32 Å². The Balaban J connectivity index is 1.32. The molecular weight excluding hydrogens is 374 g/mol. The summed E-state index contributed by atoms with van der Waals surface area (Å²) in [6.45, 7) is 0.171. The molecule has 4 rings (SSSR count). The van der Waals surface area contributed by atoms with Crippen molar-refractivity contribution in [2.75, 3.05) is 5.32 Å². The maximum absolute atomic E-state index is 12.2. The molecule has 9 heteroatoms. The van der Waals surface area contributed by atoms with Gasteiger partial charge < -0.3 is 15.0 Å². The largest absolute Gasteiger partial charge is 0.461 e. The first kappa shape index (κ1) is 18.4. The van der Waals surface area contributed by atoms with Crippen molar-refractivity contribution >= 4 is 28.7 Å². The third-order valence-corrected chi connectivity index (χ3v) is 4.16. The van der Waals surface area contributed by atoms with E-state index in [0.717, 1.165) is 16.6 Å². The minimum Gasteiger partial charge on any atom is -0.461 e. The minimum absolute atomic E-state index is 0.0517. The number of esters is 1. The third kappa shape index (κ3) is 4.46. The fourth-order valence-electron chi connectivity index (χ4n) is 2.71. The smallest absolute Gasteiger partial charge is 0.306 e. The quantitative estimate of drug-likeness (QED) is 0.464. The number of fused-ring (bicyclic) bond motifs is 1. The number of anilines is 1. The molecule has 0 saturated heterocycles. The van der Waals surface area contributed by atoms with Crippen LogP contribution in [-0.4, -0.2) is 32.2 Å². The van der Waals surface area contributed by atoms with E-state index in [9.17, 15) is 9.59 Å². The molecule has 1 amide bonds. The summed E-state index contributed by atoms with van der Waals surface area (Å²) in [4.78, 5) is 31.5. The minimum atomic E-state index is -0.459. The van der Waals surface area contributed by atoms with Gasteiger partial charge in [0.2, 0.25) is 11.7 Å². The van der Waals surface area contributed by atoms with E-state index < -0.39 is 11.9 Å². The van der Waals surface area contributed by atoms with Crippen LogP contribution in [0.2, 0.25) is 0 Å². The molecule has 2 aromatic heterocycles. The highest BCUT2D eigenvalue weighted by Crippen LogP contribution is 2.24. The maximum Gasteiger partial charge on any atom is 0.306 e. The summed E-state index contributed by atoms with van der Waals surface area (Å²) < 4.78 is 9.90. The number of para-hydroxylation sites is 2. The molecule has 29 heavy (non-hydrogen) atoms. The third-order valence-electron chi connectivity index (χ3n) is 4.16. The van der Waals surface area contributed by atoms with Crippen LogP contribution in [0.5, 0.6) is 0 Å². The van der Waals surface area contributed by atoms with Gasteiger partial charge in [-0.3, -0.25) is 9.59 Å². The number of aromatic amines is 1. The topological polar surface area (TPSA) is 123 Å². The van der Waals surface area contributed by atoms with Crippen molar-refractivity contribution in [2.24, 2.45) is 0 Å². The summed E-state index contributed by atoms with van der Waals surface area (Å²) in [5, 5.41) is 10.1. The van der Waals surface area contributed by atoms with Crippen LogP contribution in [0.3, 0.4) is 0 Å². The number of nitrogens with zero attached hydrogens (tertiary/aromatic N) is 3. The van der Waals surface area contributed by atoms with E-state index in [2.05, 4.69) is 25.6 Å². The summed E-state index contributed by atoms with van der Waals surface area (Å²) in [6, 6.07) is 16.8. The molecule has 2 N–H and O–H groups in total. The van der Waals surface area contributed by atoms with Gasteiger partial charge in [0.25, 0.3) is 0 Å². The first-order valence-corrected chi connectivity index (χ1v) is 8.96. The summed E-state index contributed by atoms with van der Waals surface area (Å²) >= 11 is 0. The van der Waals surface area contributed by atoms with Gasteiger partial charge in [-0.2, -0.15) is 0 Å². The number of aromatic nitrogens is 4. The van der Waals surface area contributed by atoms with Crippen LogP contribution in [0.15, 0.2) is 59.2 Å². The summed E-state index contributed by atoms with van der Waals surface area (Å²) in [5.41, 5.74) is 2.74. The zero-order valence-electron chi connectivity index (χ0n) is 15.3. The van der Waals surface area contributed by atoms with Crippen LogP contribution in [0, 0.1) is 0 Å². The number of hydrogen-bond acceptors (Lipinski definition) is 7.